The van der Waals surface area contributed by atoms with Gasteiger partial charge in [-0.2, -0.15) is 11.8 Å². The van der Waals surface area contributed by atoms with E-state index in [0.29, 0.717) is 17.3 Å². The van der Waals surface area contributed by atoms with E-state index >= 15 is 0 Å². The molecule has 0 spiro atoms. The van der Waals surface area contributed by atoms with Gasteiger partial charge >= 0.3 is 0 Å². The van der Waals surface area contributed by atoms with Crippen molar-refractivity contribution in [3.8, 4) is 0 Å². The molecule has 1 N–H and O–H groups in total. The molecule has 1 aliphatic rings. The molecule has 5 heteroatoms. The van der Waals surface area contributed by atoms with Crippen LogP contribution in [0.1, 0.15) is 6.92 Å². The van der Waals surface area contributed by atoms with Crippen LogP contribution < -0.4 is 5.32 Å². The van der Waals surface area contributed by atoms with Crippen LogP contribution in [0.3, 0.4) is 0 Å². The zero-order chi connectivity index (χ0) is 12.7. The van der Waals surface area contributed by atoms with Gasteiger partial charge in [0.05, 0.1) is 13.2 Å². The highest BCUT2D eigenvalue weighted by Crippen LogP contribution is 2.21. The van der Waals surface area contributed by atoms with Crippen molar-refractivity contribution < 1.29 is 9.47 Å². The standard InChI is InChI=1S/C12H26N2O2S/c1-10(9-16-3)14(5-6-15-2)11-7-13-8-12(11)17-4/h10-13H,5-9H2,1-4H3. The summed E-state index contributed by atoms with van der Waals surface area (Å²) in [6.45, 7) is 6.95. The van der Waals surface area contributed by atoms with Crippen molar-refractivity contribution in [2.45, 2.75) is 24.3 Å². The number of nitrogens with zero attached hydrogens (tertiary/aromatic N) is 1. The van der Waals surface area contributed by atoms with E-state index in [1.54, 1.807) is 14.2 Å². The van der Waals surface area contributed by atoms with Crippen molar-refractivity contribution in [3.05, 3.63) is 0 Å². The summed E-state index contributed by atoms with van der Waals surface area (Å²) in [5.41, 5.74) is 0. The predicted molar refractivity (Wildman–Crippen MR) is 73.9 cm³/mol. The monoisotopic (exact) mass is 262 g/mol. The summed E-state index contributed by atoms with van der Waals surface area (Å²) in [7, 11) is 3.53. The van der Waals surface area contributed by atoms with Crippen molar-refractivity contribution in [1.29, 1.82) is 0 Å². The zero-order valence-corrected chi connectivity index (χ0v) is 12.3. The minimum absolute atomic E-state index is 0.440. The smallest absolute Gasteiger partial charge is 0.0615 e. The van der Waals surface area contributed by atoms with Crippen LogP contribution in [0, 0.1) is 0 Å². The topological polar surface area (TPSA) is 33.7 Å². The molecule has 4 nitrogen and oxygen atoms in total. The Morgan fingerprint density at radius 2 is 2.12 bits per heavy atom. The van der Waals surface area contributed by atoms with Gasteiger partial charge in [0.15, 0.2) is 0 Å². The number of thioether (sulfide) groups is 1. The highest BCUT2D eigenvalue weighted by molar-refractivity contribution is 7.99. The zero-order valence-electron chi connectivity index (χ0n) is 11.4. The van der Waals surface area contributed by atoms with E-state index in [1.165, 1.54) is 0 Å². The molecule has 0 radical (unpaired) electrons. The Kier molecular flexibility index (Phi) is 7.46. The van der Waals surface area contributed by atoms with Gasteiger partial charge in [0.2, 0.25) is 0 Å². The largest absolute Gasteiger partial charge is 0.383 e. The van der Waals surface area contributed by atoms with Crippen LogP contribution in [0.4, 0.5) is 0 Å². The molecular weight excluding hydrogens is 236 g/mol. The van der Waals surface area contributed by atoms with E-state index in [9.17, 15) is 0 Å². The Balaban J connectivity index is 2.60. The van der Waals surface area contributed by atoms with Crippen molar-refractivity contribution in [3.63, 3.8) is 0 Å². The van der Waals surface area contributed by atoms with Crippen molar-refractivity contribution in [1.82, 2.24) is 10.2 Å². The molecule has 1 rings (SSSR count). The van der Waals surface area contributed by atoms with Crippen LogP contribution in [0.5, 0.6) is 0 Å². The lowest BCUT2D eigenvalue weighted by Gasteiger charge is -2.36. The lowest BCUT2D eigenvalue weighted by Crippen LogP contribution is -2.50. The van der Waals surface area contributed by atoms with E-state index in [1.807, 2.05) is 11.8 Å². The van der Waals surface area contributed by atoms with Crippen LogP contribution in [0.15, 0.2) is 0 Å². The maximum atomic E-state index is 5.28. The Hall–Kier alpha value is 0.190. The fourth-order valence-corrected chi connectivity index (χ4v) is 3.31. The molecule has 0 aromatic heterocycles. The Labute approximate surface area is 109 Å². The Bertz CT molecular complexity index is 207. The van der Waals surface area contributed by atoms with Gasteiger partial charge in [-0.1, -0.05) is 0 Å². The van der Waals surface area contributed by atoms with E-state index in [-0.39, 0.29) is 0 Å². The molecule has 102 valence electrons. The summed E-state index contributed by atoms with van der Waals surface area (Å²) >= 11 is 1.95. The third kappa shape index (κ3) is 4.41. The van der Waals surface area contributed by atoms with E-state index in [4.69, 9.17) is 9.47 Å². The molecule has 3 unspecified atom stereocenters. The van der Waals surface area contributed by atoms with Gasteiger partial charge in [0.1, 0.15) is 0 Å². The Morgan fingerprint density at radius 1 is 1.35 bits per heavy atom. The molecule has 0 amide bonds. The average molecular weight is 262 g/mol. The van der Waals surface area contributed by atoms with Crippen LogP contribution in [0.2, 0.25) is 0 Å². The molecule has 17 heavy (non-hydrogen) atoms. The second kappa shape index (κ2) is 8.32. The van der Waals surface area contributed by atoms with Crippen LogP contribution in [-0.4, -0.2) is 75.6 Å². The van der Waals surface area contributed by atoms with Crippen molar-refractivity contribution in [2.75, 3.05) is 53.3 Å². The molecule has 0 bridgehead atoms. The SMILES string of the molecule is COCCN(C(C)COC)C1CNCC1SC. The lowest BCUT2D eigenvalue weighted by molar-refractivity contribution is 0.0534. The maximum absolute atomic E-state index is 5.28. The second-order valence-corrected chi connectivity index (χ2v) is 5.61. The second-order valence-electron chi connectivity index (χ2n) is 4.53. The highest BCUT2D eigenvalue weighted by atomic mass is 32.2. The quantitative estimate of drug-likeness (QED) is 0.695. The first-order chi connectivity index (χ1) is 8.24. The first kappa shape index (κ1) is 15.2. The number of methoxy groups -OCH3 is 2. The molecule has 0 aromatic carbocycles. The molecule has 0 saturated carbocycles. The van der Waals surface area contributed by atoms with Gasteiger partial charge in [-0.3, -0.25) is 4.90 Å². The highest BCUT2D eigenvalue weighted by Gasteiger charge is 2.33. The summed E-state index contributed by atoms with van der Waals surface area (Å²) in [6.07, 6.45) is 2.19. The minimum atomic E-state index is 0.440. The van der Waals surface area contributed by atoms with Crippen molar-refractivity contribution in [2.24, 2.45) is 0 Å². The summed E-state index contributed by atoms with van der Waals surface area (Å²) in [6, 6.07) is 1.03. The molecular formula is C12H26N2O2S. The molecule has 3 atom stereocenters. The summed E-state index contributed by atoms with van der Waals surface area (Å²) < 4.78 is 10.5. The van der Waals surface area contributed by atoms with E-state index in [0.717, 1.165) is 32.8 Å². The first-order valence-electron chi connectivity index (χ1n) is 6.21. The first-order valence-corrected chi connectivity index (χ1v) is 7.50. The van der Waals surface area contributed by atoms with Gasteiger partial charge in [-0.25, -0.2) is 0 Å². The van der Waals surface area contributed by atoms with Crippen molar-refractivity contribution >= 4 is 11.8 Å². The molecule has 1 saturated heterocycles. The maximum Gasteiger partial charge on any atom is 0.0615 e. The number of hydrogen-bond acceptors (Lipinski definition) is 5. The number of rotatable bonds is 8. The minimum Gasteiger partial charge on any atom is -0.383 e. The number of hydrogen-bond donors (Lipinski definition) is 1. The van der Waals surface area contributed by atoms with Crippen LogP contribution in [0.25, 0.3) is 0 Å². The molecule has 1 heterocycles. The van der Waals surface area contributed by atoms with Gasteiger partial charge in [0, 0.05) is 51.2 Å². The van der Waals surface area contributed by atoms with E-state index in [2.05, 4.69) is 23.4 Å². The summed E-state index contributed by atoms with van der Waals surface area (Å²) in [5, 5.41) is 4.16. The third-order valence-corrected chi connectivity index (χ3v) is 4.47. The molecule has 0 aliphatic carbocycles. The lowest BCUT2D eigenvalue weighted by atomic mass is 10.1. The fourth-order valence-electron chi connectivity index (χ4n) is 2.46. The number of nitrogens with one attached hydrogen (secondary N) is 1. The average Bonchev–Trinajstić information content (AvgIpc) is 2.78. The molecule has 1 aliphatic heterocycles. The van der Waals surface area contributed by atoms with Gasteiger partial charge < -0.3 is 14.8 Å². The predicted octanol–water partition coefficient (Wildman–Crippen LogP) is 0.673. The van der Waals surface area contributed by atoms with Crippen LogP contribution >= 0.6 is 11.8 Å². The summed E-state index contributed by atoms with van der Waals surface area (Å²) in [4.78, 5) is 2.52. The molecule has 1 fully saturated rings. The molecule has 0 aromatic rings. The Morgan fingerprint density at radius 3 is 2.71 bits per heavy atom. The summed E-state index contributed by atoms with van der Waals surface area (Å²) in [5.74, 6) is 0. The number of ether oxygens (including phenoxy) is 2. The van der Waals surface area contributed by atoms with Crippen LogP contribution in [-0.2, 0) is 9.47 Å². The normalized spacial score (nSPS) is 26.6. The van der Waals surface area contributed by atoms with E-state index < -0.39 is 0 Å². The third-order valence-electron chi connectivity index (χ3n) is 3.38. The fraction of sp³-hybridized carbons (Fsp3) is 1.00. The van der Waals surface area contributed by atoms with Gasteiger partial charge in [-0.15, -0.1) is 0 Å². The van der Waals surface area contributed by atoms with Gasteiger partial charge in [0.25, 0.3) is 0 Å². The van der Waals surface area contributed by atoms with Gasteiger partial charge in [-0.05, 0) is 13.2 Å².